The molecule has 0 unspecified atom stereocenters. The number of anilines is 3. The number of hydrogen-bond donors (Lipinski definition) is 2. The predicted molar refractivity (Wildman–Crippen MR) is 84.7 cm³/mol. The lowest BCUT2D eigenvalue weighted by Gasteiger charge is -2.11. The molecule has 5 nitrogen and oxygen atoms in total. The van der Waals surface area contributed by atoms with Crippen LogP contribution in [0.5, 0.6) is 0 Å². The molecule has 2 N–H and O–H groups in total. The minimum absolute atomic E-state index is 0.623. The van der Waals surface area contributed by atoms with E-state index >= 15 is 0 Å². The van der Waals surface area contributed by atoms with Crippen molar-refractivity contribution in [1.29, 1.82) is 5.26 Å². The first kappa shape index (κ1) is 14.8. The Labute approximate surface area is 125 Å². The van der Waals surface area contributed by atoms with E-state index in [1.807, 2.05) is 32.0 Å². The van der Waals surface area contributed by atoms with Gasteiger partial charge in [-0.05, 0) is 38.0 Å². The van der Waals surface area contributed by atoms with Gasteiger partial charge in [0.2, 0.25) is 0 Å². The summed E-state index contributed by atoms with van der Waals surface area (Å²) in [6.07, 6.45) is 1.04. The number of aromatic nitrogens is 2. The molecule has 1 aromatic carbocycles. The minimum Gasteiger partial charge on any atom is -0.370 e. The smallest absolute Gasteiger partial charge is 0.136 e. The average molecular weight is 281 g/mol. The minimum atomic E-state index is 0.623. The van der Waals surface area contributed by atoms with Gasteiger partial charge in [-0.1, -0.05) is 13.0 Å². The fraction of sp³-hybridized carbons (Fsp3) is 0.312. The Balaban J connectivity index is 2.27. The highest BCUT2D eigenvalue weighted by molar-refractivity contribution is 5.64. The second-order valence-electron chi connectivity index (χ2n) is 4.88. The standard InChI is InChI=1S/C16H19N5/c1-4-7-18-15-9-16(20-12(3)19-15)21-14-8-13(10-17)6-5-11(14)2/h5-6,8-9H,4,7H2,1-3H3,(H2,18,19,20,21). The van der Waals surface area contributed by atoms with E-state index in [9.17, 15) is 0 Å². The molecule has 1 heterocycles. The Morgan fingerprint density at radius 3 is 2.62 bits per heavy atom. The van der Waals surface area contributed by atoms with Crippen LogP contribution in [0.3, 0.4) is 0 Å². The fourth-order valence-corrected chi connectivity index (χ4v) is 1.94. The number of aryl methyl sites for hydroxylation is 2. The van der Waals surface area contributed by atoms with Crippen molar-refractivity contribution in [3.05, 3.63) is 41.2 Å². The molecule has 0 aliphatic carbocycles. The van der Waals surface area contributed by atoms with Crippen molar-refractivity contribution < 1.29 is 0 Å². The summed E-state index contributed by atoms with van der Waals surface area (Å²) in [5.74, 6) is 2.23. The number of hydrogen-bond acceptors (Lipinski definition) is 5. The topological polar surface area (TPSA) is 73.6 Å². The SMILES string of the molecule is CCCNc1cc(Nc2cc(C#N)ccc2C)nc(C)n1. The van der Waals surface area contributed by atoms with Gasteiger partial charge in [0, 0.05) is 18.3 Å². The van der Waals surface area contributed by atoms with Crippen LogP contribution in [0.4, 0.5) is 17.3 Å². The van der Waals surface area contributed by atoms with E-state index in [1.165, 1.54) is 0 Å². The van der Waals surface area contributed by atoms with E-state index < -0.39 is 0 Å². The Morgan fingerprint density at radius 2 is 1.90 bits per heavy atom. The molecule has 5 heteroatoms. The van der Waals surface area contributed by atoms with E-state index in [0.29, 0.717) is 11.4 Å². The number of benzene rings is 1. The van der Waals surface area contributed by atoms with Crippen LogP contribution in [0.25, 0.3) is 0 Å². The molecule has 108 valence electrons. The molecule has 0 spiro atoms. The van der Waals surface area contributed by atoms with Gasteiger partial charge in [0.25, 0.3) is 0 Å². The van der Waals surface area contributed by atoms with Crippen LogP contribution in [0.2, 0.25) is 0 Å². The molecule has 0 aliphatic rings. The summed E-state index contributed by atoms with van der Waals surface area (Å²) < 4.78 is 0. The lowest BCUT2D eigenvalue weighted by Crippen LogP contribution is -2.06. The first-order valence-corrected chi connectivity index (χ1v) is 6.99. The van der Waals surface area contributed by atoms with Crippen molar-refractivity contribution >= 4 is 17.3 Å². The van der Waals surface area contributed by atoms with Crippen LogP contribution in [0.15, 0.2) is 24.3 Å². The maximum Gasteiger partial charge on any atom is 0.136 e. The van der Waals surface area contributed by atoms with Crippen molar-refractivity contribution in [2.75, 3.05) is 17.2 Å². The molecule has 0 saturated heterocycles. The summed E-state index contributed by atoms with van der Waals surface area (Å²) in [4.78, 5) is 8.74. The molecule has 2 rings (SSSR count). The number of nitrogens with zero attached hydrogens (tertiary/aromatic N) is 3. The van der Waals surface area contributed by atoms with E-state index in [-0.39, 0.29) is 0 Å². The van der Waals surface area contributed by atoms with Gasteiger partial charge < -0.3 is 10.6 Å². The molecule has 21 heavy (non-hydrogen) atoms. The zero-order valence-corrected chi connectivity index (χ0v) is 12.6. The Morgan fingerprint density at radius 1 is 1.14 bits per heavy atom. The lowest BCUT2D eigenvalue weighted by molar-refractivity contribution is 0.955. The van der Waals surface area contributed by atoms with Gasteiger partial charge in [-0.25, -0.2) is 9.97 Å². The van der Waals surface area contributed by atoms with Gasteiger partial charge in [0.15, 0.2) is 0 Å². The molecule has 0 saturated carbocycles. The largest absolute Gasteiger partial charge is 0.370 e. The molecule has 2 aromatic rings. The lowest BCUT2D eigenvalue weighted by atomic mass is 10.1. The van der Waals surface area contributed by atoms with Crippen molar-refractivity contribution in [2.24, 2.45) is 0 Å². The summed E-state index contributed by atoms with van der Waals surface area (Å²) in [6.45, 7) is 6.84. The van der Waals surface area contributed by atoms with E-state index in [2.05, 4.69) is 33.6 Å². The normalized spacial score (nSPS) is 10.0. The fourth-order valence-electron chi connectivity index (χ4n) is 1.94. The van der Waals surface area contributed by atoms with Gasteiger partial charge in [0.1, 0.15) is 17.5 Å². The van der Waals surface area contributed by atoms with Crippen LogP contribution >= 0.6 is 0 Å². The summed E-state index contributed by atoms with van der Waals surface area (Å²) in [6, 6.07) is 9.57. The van der Waals surface area contributed by atoms with E-state index in [4.69, 9.17) is 5.26 Å². The molecular formula is C16H19N5. The molecular weight excluding hydrogens is 262 g/mol. The van der Waals surface area contributed by atoms with Gasteiger partial charge in [-0.3, -0.25) is 0 Å². The van der Waals surface area contributed by atoms with Crippen LogP contribution in [0, 0.1) is 25.2 Å². The Hall–Kier alpha value is -2.61. The van der Waals surface area contributed by atoms with Gasteiger partial charge >= 0.3 is 0 Å². The second-order valence-corrected chi connectivity index (χ2v) is 4.88. The van der Waals surface area contributed by atoms with E-state index in [1.54, 1.807) is 6.07 Å². The first-order valence-electron chi connectivity index (χ1n) is 6.99. The Bertz CT molecular complexity index is 673. The third-order valence-electron chi connectivity index (χ3n) is 3.02. The summed E-state index contributed by atoms with van der Waals surface area (Å²) in [7, 11) is 0. The highest BCUT2D eigenvalue weighted by Crippen LogP contribution is 2.22. The monoisotopic (exact) mass is 281 g/mol. The summed E-state index contributed by atoms with van der Waals surface area (Å²) in [5.41, 5.74) is 2.57. The van der Waals surface area contributed by atoms with Crippen molar-refractivity contribution in [3.8, 4) is 6.07 Å². The number of rotatable bonds is 5. The molecule has 0 bridgehead atoms. The summed E-state index contributed by atoms with van der Waals surface area (Å²) >= 11 is 0. The molecule has 0 aliphatic heterocycles. The summed E-state index contributed by atoms with van der Waals surface area (Å²) in [5, 5.41) is 15.5. The van der Waals surface area contributed by atoms with Crippen molar-refractivity contribution in [3.63, 3.8) is 0 Å². The van der Waals surface area contributed by atoms with Crippen molar-refractivity contribution in [1.82, 2.24) is 9.97 Å². The maximum atomic E-state index is 8.99. The number of nitrogens with one attached hydrogen (secondary N) is 2. The van der Waals surface area contributed by atoms with Crippen LogP contribution in [-0.2, 0) is 0 Å². The third-order valence-corrected chi connectivity index (χ3v) is 3.02. The second kappa shape index (κ2) is 6.71. The van der Waals surface area contributed by atoms with Crippen LogP contribution in [0.1, 0.15) is 30.3 Å². The number of nitriles is 1. The molecule has 0 atom stereocenters. The van der Waals surface area contributed by atoms with Crippen LogP contribution < -0.4 is 10.6 Å². The maximum absolute atomic E-state index is 8.99. The first-order chi connectivity index (χ1) is 10.1. The van der Waals surface area contributed by atoms with Crippen LogP contribution in [-0.4, -0.2) is 16.5 Å². The van der Waals surface area contributed by atoms with Gasteiger partial charge in [0.05, 0.1) is 11.6 Å². The predicted octanol–water partition coefficient (Wildman–Crippen LogP) is 3.53. The van der Waals surface area contributed by atoms with Gasteiger partial charge in [-0.2, -0.15) is 5.26 Å². The Kier molecular flexibility index (Phi) is 4.72. The van der Waals surface area contributed by atoms with Crippen molar-refractivity contribution in [2.45, 2.75) is 27.2 Å². The highest BCUT2D eigenvalue weighted by Gasteiger charge is 2.05. The average Bonchev–Trinajstić information content (AvgIpc) is 2.47. The quantitative estimate of drug-likeness (QED) is 0.877. The molecule has 0 fully saturated rings. The third kappa shape index (κ3) is 3.93. The molecule has 1 aromatic heterocycles. The zero-order chi connectivity index (χ0) is 15.2. The molecule has 0 radical (unpaired) electrons. The highest BCUT2D eigenvalue weighted by atomic mass is 15.1. The molecule has 0 amide bonds. The van der Waals surface area contributed by atoms with E-state index in [0.717, 1.165) is 35.9 Å². The zero-order valence-electron chi connectivity index (χ0n) is 12.6. The van der Waals surface area contributed by atoms with Gasteiger partial charge in [-0.15, -0.1) is 0 Å².